The Bertz CT molecular complexity index is 750. The number of hydrogen-bond donors (Lipinski definition) is 0. The summed E-state index contributed by atoms with van der Waals surface area (Å²) < 4.78 is 20.1. The molecule has 0 N–H and O–H groups in total. The monoisotopic (exact) mass is 405 g/mol. The molecule has 0 radical (unpaired) electrons. The molecule has 162 valence electrons. The summed E-state index contributed by atoms with van der Waals surface area (Å²) in [6.45, 7) is 19.4. The van der Waals surface area contributed by atoms with Gasteiger partial charge in [-0.3, -0.25) is 0 Å². The second kappa shape index (κ2) is 7.31. The zero-order valence-electron chi connectivity index (χ0n) is 19.4. The lowest BCUT2D eigenvalue weighted by Gasteiger charge is -2.32. The maximum Gasteiger partial charge on any atom is 0.516 e. The summed E-state index contributed by atoms with van der Waals surface area (Å²) in [6, 6.07) is 0.170. The van der Waals surface area contributed by atoms with Crippen molar-refractivity contribution in [1.29, 1.82) is 0 Å². The van der Waals surface area contributed by atoms with E-state index in [2.05, 4.69) is 18.4 Å². The molecule has 29 heavy (non-hydrogen) atoms. The predicted molar refractivity (Wildman–Crippen MR) is 113 cm³/mol. The van der Waals surface area contributed by atoms with E-state index in [1.54, 1.807) is 4.90 Å². The van der Waals surface area contributed by atoms with Gasteiger partial charge in [0.05, 0.1) is 22.8 Å². The summed E-state index contributed by atoms with van der Waals surface area (Å²) in [6.07, 6.45) is 2.66. The smallest absolute Gasteiger partial charge is 0.444 e. The molecule has 2 aliphatic rings. The lowest BCUT2D eigenvalue weighted by atomic mass is 9.86. The number of carbonyl (C=O) groups excluding carboxylic acids is 1. The Morgan fingerprint density at radius 1 is 1.24 bits per heavy atom. The van der Waals surface area contributed by atoms with Gasteiger partial charge in [-0.25, -0.2) is 9.78 Å². The summed E-state index contributed by atoms with van der Waals surface area (Å²) in [5.41, 5.74) is -0.499. The van der Waals surface area contributed by atoms with Gasteiger partial charge in [-0.1, -0.05) is 13.8 Å². The van der Waals surface area contributed by atoms with Crippen LogP contribution in [0.3, 0.4) is 0 Å². The second-order valence-corrected chi connectivity index (χ2v) is 10.5. The fourth-order valence-corrected chi connectivity index (χ4v) is 3.69. The highest BCUT2D eigenvalue weighted by atomic mass is 16.7. The van der Waals surface area contributed by atoms with E-state index in [9.17, 15) is 4.79 Å². The summed E-state index contributed by atoms with van der Waals surface area (Å²) in [7, 11) is -0.484. The number of aromatic nitrogens is 2. The Balaban J connectivity index is 1.80. The topological polar surface area (TPSA) is 65.8 Å². The van der Waals surface area contributed by atoms with Crippen LogP contribution >= 0.6 is 0 Å². The number of ether oxygens (including phenoxy) is 1. The highest BCUT2D eigenvalue weighted by Gasteiger charge is 2.53. The summed E-state index contributed by atoms with van der Waals surface area (Å²) in [4.78, 5) is 19.1. The van der Waals surface area contributed by atoms with Crippen LogP contribution < -0.4 is 5.59 Å². The Labute approximate surface area is 175 Å². The van der Waals surface area contributed by atoms with E-state index in [0.29, 0.717) is 13.1 Å². The first-order chi connectivity index (χ1) is 13.2. The summed E-state index contributed by atoms with van der Waals surface area (Å²) >= 11 is 0. The Morgan fingerprint density at radius 3 is 2.34 bits per heavy atom. The van der Waals surface area contributed by atoms with Crippen LogP contribution in [0.1, 0.15) is 86.5 Å². The van der Waals surface area contributed by atoms with E-state index < -0.39 is 23.9 Å². The van der Waals surface area contributed by atoms with Gasteiger partial charge in [0.15, 0.2) is 0 Å². The molecule has 1 amide bonds. The molecular formula is C21H36BN3O4. The van der Waals surface area contributed by atoms with Crippen molar-refractivity contribution < 1.29 is 18.8 Å². The van der Waals surface area contributed by atoms with Gasteiger partial charge >= 0.3 is 13.2 Å². The molecule has 0 spiro atoms. The van der Waals surface area contributed by atoms with E-state index >= 15 is 0 Å². The molecule has 0 aromatic carbocycles. The largest absolute Gasteiger partial charge is 0.516 e. The highest BCUT2D eigenvalue weighted by Crippen LogP contribution is 2.36. The van der Waals surface area contributed by atoms with Crippen LogP contribution in [0.5, 0.6) is 0 Å². The maximum atomic E-state index is 12.5. The number of likely N-dealkylation sites (tertiary alicyclic amines) is 1. The van der Waals surface area contributed by atoms with Gasteiger partial charge in [0.1, 0.15) is 11.4 Å². The van der Waals surface area contributed by atoms with Crippen molar-refractivity contribution in [1.82, 2.24) is 14.5 Å². The first-order valence-electron chi connectivity index (χ1n) is 10.6. The van der Waals surface area contributed by atoms with Gasteiger partial charge in [-0.05, 0) is 54.9 Å². The van der Waals surface area contributed by atoms with Gasteiger partial charge in [0.2, 0.25) is 0 Å². The minimum Gasteiger partial charge on any atom is -0.444 e. The van der Waals surface area contributed by atoms with E-state index in [4.69, 9.17) is 19.0 Å². The number of carbonyl (C=O) groups is 1. The molecule has 3 heterocycles. The average molecular weight is 405 g/mol. The Hall–Kier alpha value is -1.54. The molecule has 2 aliphatic heterocycles. The van der Waals surface area contributed by atoms with Crippen molar-refractivity contribution in [2.75, 3.05) is 13.1 Å². The van der Waals surface area contributed by atoms with Crippen molar-refractivity contribution in [2.24, 2.45) is 0 Å². The van der Waals surface area contributed by atoms with Crippen LogP contribution in [0.4, 0.5) is 4.79 Å². The van der Waals surface area contributed by atoms with E-state index in [1.807, 2.05) is 54.7 Å². The first-order valence-corrected chi connectivity index (χ1v) is 10.6. The zero-order valence-corrected chi connectivity index (χ0v) is 19.4. The summed E-state index contributed by atoms with van der Waals surface area (Å²) in [5.74, 6) is 1.24. The minimum atomic E-state index is -0.489. The molecule has 0 aliphatic carbocycles. The fourth-order valence-electron chi connectivity index (χ4n) is 3.69. The third-order valence-electron chi connectivity index (χ3n) is 6.00. The number of rotatable bonds is 3. The molecule has 0 bridgehead atoms. The third kappa shape index (κ3) is 4.48. The molecule has 1 unspecified atom stereocenters. The number of nitrogens with zero attached hydrogens (tertiary/aromatic N) is 3. The lowest BCUT2D eigenvalue weighted by molar-refractivity contribution is 0.00578. The molecule has 3 rings (SSSR count). The van der Waals surface area contributed by atoms with Crippen molar-refractivity contribution in [3.63, 3.8) is 0 Å². The standard InChI is InChI=1S/C21H36BN3O4/c1-14(2)17-23-16(22-28-20(6,7)21(8,9)29-22)13-25(17)15-10-11-24(12-15)18(26)27-19(3,4)5/h13-15H,10-12H2,1-9H3. The van der Waals surface area contributed by atoms with Crippen LogP contribution in [0.2, 0.25) is 0 Å². The fraction of sp³-hybridized carbons (Fsp3) is 0.810. The van der Waals surface area contributed by atoms with Crippen molar-refractivity contribution in [3.8, 4) is 0 Å². The van der Waals surface area contributed by atoms with Crippen molar-refractivity contribution in [3.05, 3.63) is 12.0 Å². The van der Waals surface area contributed by atoms with Crippen LogP contribution in [0, 0.1) is 0 Å². The van der Waals surface area contributed by atoms with Crippen LogP contribution in [-0.4, -0.2) is 57.6 Å². The second-order valence-electron chi connectivity index (χ2n) is 10.5. The average Bonchev–Trinajstić information content (AvgIpc) is 3.22. The van der Waals surface area contributed by atoms with Gasteiger partial charge in [0, 0.05) is 25.2 Å². The lowest BCUT2D eigenvalue weighted by Crippen LogP contribution is -2.41. The number of imidazole rings is 1. The number of amides is 1. The molecule has 8 heteroatoms. The quantitative estimate of drug-likeness (QED) is 0.721. The molecule has 1 aromatic heterocycles. The Kier molecular flexibility index (Phi) is 5.58. The van der Waals surface area contributed by atoms with Gasteiger partial charge < -0.3 is 23.5 Å². The van der Waals surface area contributed by atoms with E-state index in [-0.39, 0.29) is 18.1 Å². The van der Waals surface area contributed by atoms with E-state index in [0.717, 1.165) is 17.8 Å². The minimum absolute atomic E-state index is 0.170. The van der Waals surface area contributed by atoms with Gasteiger partial charge in [0.25, 0.3) is 0 Å². The van der Waals surface area contributed by atoms with Crippen molar-refractivity contribution in [2.45, 2.75) is 97.5 Å². The molecule has 1 atom stereocenters. The molecule has 2 saturated heterocycles. The number of hydrogen-bond acceptors (Lipinski definition) is 5. The van der Waals surface area contributed by atoms with Crippen molar-refractivity contribution >= 4 is 18.8 Å². The zero-order chi connectivity index (χ0) is 21.8. The van der Waals surface area contributed by atoms with Crippen LogP contribution in [0.15, 0.2) is 6.20 Å². The van der Waals surface area contributed by atoms with Crippen LogP contribution in [-0.2, 0) is 14.0 Å². The summed E-state index contributed by atoms with van der Waals surface area (Å²) in [5, 5.41) is 0. The Morgan fingerprint density at radius 2 is 1.83 bits per heavy atom. The SMILES string of the molecule is CC(C)c1nc(B2OC(C)(C)C(C)(C)O2)cn1C1CCN(C(=O)OC(C)(C)C)C1. The van der Waals surface area contributed by atoms with Gasteiger partial charge in [-0.2, -0.15) is 0 Å². The predicted octanol–water partition coefficient (Wildman–Crippen LogP) is 3.49. The highest BCUT2D eigenvalue weighted by molar-refractivity contribution is 6.61. The third-order valence-corrected chi connectivity index (χ3v) is 6.00. The molecule has 0 saturated carbocycles. The first kappa shape index (κ1) is 22.2. The molecule has 2 fully saturated rings. The van der Waals surface area contributed by atoms with E-state index in [1.165, 1.54) is 0 Å². The molecule has 7 nitrogen and oxygen atoms in total. The molecule has 1 aromatic rings. The molecular weight excluding hydrogens is 369 g/mol. The van der Waals surface area contributed by atoms with Gasteiger partial charge in [-0.15, -0.1) is 0 Å². The normalized spacial score (nSPS) is 23.9. The maximum absolute atomic E-state index is 12.5. The van der Waals surface area contributed by atoms with Crippen LogP contribution in [0.25, 0.3) is 0 Å².